The Morgan fingerprint density at radius 1 is 1.26 bits per heavy atom. The van der Waals surface area contributed by atoms with Gasteiger partial charge in [0, 0.05) is 5.56 Å². The Hall–Kier alpha value is -1.96. The van der Waals surface area contributed by atoms with Crippen molar-refractivity contribution >= 4 is 5.84 Å². The fourth-order valence-corrected chi connectivity index (χ4v) is 1.50. The molecule has 1 aromatic rings. The van der Waals surface area contributed by atoms with Crippen LogP contribution in [0.2, 0.25) is 0 Å². The van der Waals surface area contributed by atoms with Gasteiger partial charge in [0.05, 0.1) is 0 Å². The van der Waals surface area contributed by atoms with Gasteiger partial charge in [-0.3, -0.25) is 0 Å². The molecule has 0 amide bonds. The molecule has 0 radical (unpaired) electrons. The van der Waals surface area contributed by atoms with Crippen molar-refractivity contribution in [2.75, 3.05) is 0 Å². The van der Waals surface area contributed by atoms with Gasteiger partial charge in [0.1, 0.15) is 5.75 Å². The van der Waals surface area contributed by atoms with E-state index in [1.165, 1.54) is 29.3 Å². The Balaban J connectivity index is 2.16. The highest BCUT2D eigenvalue weighted by Gasteiger charge is 2.36. The number of hydrazine groups is 1. The number of nitrogens with zero attached hydrogens (tertiary/aromatic N) is 2. The zero-order valence-corrected chi connectivity index (χ0v) is 10.2. The maximum atomic E-state index is 12.0. The van der Waals surface area contributed by atoms with Gasteiger partial charge in [0.15, 0.2) is 5.84 Å². The molecule has 0 atom stereocenters. The van der Waals surface area contributed by atoms with E-state index in [9.17, 15) is 13.2 Å². The average molecular weight is 275 g/mol. The molecule has 0 aromatic heterocycles. The molecule has 0 saturated heterocycles. The molecule has 19 heavy (non-hydrogen) atoms. The molecule has 1 aromatic carbocycles. The van der Waals surface area contributed by atoms with E-state index in [2.05, 4.69) is 9.89 Å². The van der Waals surface area contributed by atoms with E-state index in [-0.39, 0.29) is 5.75 Å². The smallest absolute Gasteiger partial charge is 0.406 e. The molecule has 8 heteroatoms. The number of oxime groups is 1. The van der Waals surface area contributed by atoms with Crippen LogP contribution in [-0.2, 0) is 4.84 Å². The third-order valence-electron chi connectivity index (χ3n) is 2.51. The van der Waals surface area contributed by atoms with E-state index < -0.39 is 12.1 Å². The number of alkyl halides is 3. The van der Waals surface area contributed by atoms with Crippen LogP contribution in [0.1, 0.15) is 19.4 Å². The minimum Gasteiger partial charge on any atom is -0.406 e. The second-order valence-corrected chi connectivity index (χ2v) is 4.40. The number of amidine groups is 1. The molecule has 0 bridgehead atoms. The lowest BCUT2D eigenvalue weighted by molar-refractivity contribution is -0.274. The van der Waals surface area contributed by atoms with Gasteiger partial charge in [-0.15, -0.1) is 13.2 Å². The molecule has 1 heterocycles. The van der Waals surface area contributed by atoms with Crippen molar-refractivity contribution in [2.45, 2.75) is 25.9 Å². The Labute approximate surface area is 107 Å². The van der Waals surface area contributed by atoms with Gasteiger partial charge in [-0.25, -0.2) is 10.9 Å². The lowest BCUT2D eigenvalue weighted by atomic mass is 10.1. The zero-order chi connectivity index (χ0) is 14.3. The minimum absolute atomic E-state index is 0.307. The number of hydrogen-bond donors (Lipinski definition) is 1. The van der Waals surface area contributed by atoms with Gasteiger partial charge < -0.3 is 9.57 Å². The molecule has 104 valence electrons. The predicted octanol–water partition coefficient (Wildman–Crippen LogP) is 2.19. The van der Waals surface area contributed by atoms with Crippen molar-refractivity contribution in [1.82, 2.24) is 5.01 Å². The normalized spacial score (nSPS) is 18.0. The molecular weight excluding hydrogens is 263 g/mol. The second kappa shape index (κ2) is 4.30. The summed E-state index contributed by atoms with van der Waals surface area (Å²) in [5, 5.41) is 5.10. The first kappa shape index (κ1) is 13.5. The molecule has 0 spiro atoms. The summed E-state index contributed by atoms with van der Waals surface area (Å²) in [6.45, 7) is 3.43. The number of halogens is 3. The van der Waals surface area contributed by atoms with Crippen LogP contribution in [0.5, 0.6) is 5.75 Å². The van der Waals surface area contributed by atoms with E-state index in [4.69, 9.17) is 10.7 Å². The summed E-state index contributed by atoms with van der Waals surface area (Å²) in [5.41, 5.74) is -0.265. The van der Waals surface area contributed by atoms with Crippen molar-refractivity contribution in [2.24, 2.45) is 11.0 Å². The molecule has 1 aliphatic rings. The molecule has 0 aliphatic carbocycles. The van der Waals surface area contributed by atoms with Crippen LogP contribution in [0.25, 0.3) is 0 Å². The molecule has 0 unspecified atom stereocenters. The maximum absolute atomic E-state index is 12.0. The van der Waals surface area contributed by atoms with E-state index in [0.29, 0.717) is 11.4 Å². The summed E-state index contributed by atoms with van der Waals surface area (Å²) >= 11 is 0. The Morgan fingerprint density at radius 2 is 1.84 bits per heavy atom. The molecule has 0 saturated carbocycles. The largest absolute Gasteiger partial charge is 0.573 e. The second-order valence-electron chi connectivity index (χ2n) is 4.40. The summed E-state index contributed by atoms with van der Waals surface area (Å²) in [7, 11) is 0. The summed E-state index contributed by atoms with van der Waals surface area (Å²) in [5.74, 6) is 5.82. The van der Waals surface area contributed by atoms with Crippen LogP contribution < -0.4 is 10.6 Å². The Bertz CT molecular complexity index is 497. The lowest BCUT2D eigenvalue weighted by Crippen LogP contribution is -2.48. The van der Waals surface area contributed by atoms with Crippen LogP contribution in [0.4, 0.5) is 13.2 Å². The Kier molecular flexibility index (Phi) is 3.05. The SMILES string of the molecule is CC1(C)ON=C(c2ccc(OC(F)(F)F)cc2)N1N. The number of hydrogen-bond acceptors (Lipinski definition) is 5. The third kappa shape index (κ3) is 2.90. The molecule has 2 N–H and O–H groups in total. The van der Waals surface area contributed by atoms with Crippen molar-refractivity contribution < 1.29 is 22.7 Å². The lowest BCUT2D eigenvalue weighted by Gasteiger charge is -2.26. The quantitative estimate of drug-likeness (QED) is 0.840. The highest BCUT2D eigenvalue weighted by molar-refractivity contribution is 5.99. The average Bonchev–Trinajstić information content (AvgIpc) is 2.54. The van der Waals surface area contributed by atoms with Crippen molar-refractivity contribution in [3.8, 4) is 5.75 Å². The van der Waals surface area contributed by atoms with Gasteiger partial charge in [-0.2, -0.15) is 0 Å². The fraction of sp³-hybridized carbons (Fsp3) is 0.364. The standard InChI is InChI=1S/C11H12F3N3O2/c1-10(2)17(15)9(16-19-10)7-3-5-8(6-4-7)18-11(12,13)14/h3-6H,15H2,1-2H3. The summed E-state index contributed by atoms with van der Waals surface area (Å²) in [6.07, 6.45) is -4.71. The minimum atomic E-state index is -4.71. The van der Waals surface area contributed by atoms with Crippen LogP contribution in [-0.4, -0.2) is 22.9 Å². The van der Waals surface area contributed by atoms with E-state index in [1.807, 2.05) is 0 Å². The van der Waals surface area contributed by atoms with Crippen LogP contribution >= 0.6 is 0 Å². The summed E-state index contributed by atoms with van der Waals surface area (Å²) < 4.78 is 39.8. The van der Waals surface area contributed by atoms with E-state index in [1.54, 1.807) is 13.8 Å². The third-order valence-corrected chi connectivity index (χ3v) is 2.51. The topological polar surface area (TPSA) is 60.1 Å². The number of ether oxygens (including phenoxy) is 1. The first-order valence-corrected chi connectivity index (χ1v) is 5.36. The predicted molar refractivity (Wildman–Crippen MR) is 60.9 cm³/mol. The van der Waals surface area contributed by atoms with Crippen molar-refractivity contribution in [1.29, 1.82) is 0 Å². The Morgan fingerprint density at radius 3 is 2.26 bits per heavy atom. The molecule has 2 rings (SSSR count). The van der Waals surface area contributed by atoms with Crippen LogP contribution in [0.3, 0.4) is 0 Å². The number of nitrogens with two attached hydrogens (primary N) is 1. The molecule has 0 fully saturated rings. The van der Waals surface area contributed by atoms with E-state index >= 15 is 0 Å². The van der Waals surface area contributed by atoms with Crippen LogP contribution in [0, 0.1) is 0 Å². The highest BCUT2D eigenvalue weighted by atomic mass is 19.4. The monoisotopic (exact) mass is 275 g/mol. The van der Waals surface area contributed by atoms with Gasteiger partial charge in [0.25, 0.3) is 0 Å². The van der Waals surface area contributed by atoms with Crippen molar-refractivity contribution in [3.05, 3.63) is 29.8 Å². The van der Waals surface area contributed by atoms with Gasteiger partial charge in [0.2, 0.25) is 5.72 Å². The van der Waals surface area contributed by atoms with Gasteiger partial charge in [-0.05, 0) is 38.1 Å². The fourth-order valence-electron chi connectivity index (χ4n) is 1.50. The van der Waals surface area contributed by atoms with Gasteiger partial charge >= 0.3 is 6.36 Å². The first-order chi connectivity index (χ1) is 8.69. The molecular formula is C11H12F3N3O2. The van der Waals surface area contributed by atoms with Crippen molar-refractivity contribution in [3.63, 3.8) is 0 Å². The molecule has 1 aliphatic heterocycles. The van der Waals surface area contributed by atoms with E-state index in [0.717, 1.165) is 0 Å². The van der Waals surface area contributed by atoms with Gasteiger partial charge in [-0.1, -0.05) is 5.16 Å². The van der Waals surface area contributed by atoms with Crippen LogP contribution in [0.15, 0.2) is 29.4 Å². The highest BCUT2D eigenvalue weighted by Crippen LogP contribution is 2.26. The molecule has 5 nitrogen and oxygen atoms in total. The zero-order valence-electron chi connectivity index (χ0n) is 10.2. The summed E-state index contributed by atoms with van der Waals surface area (Å²) in [6, 6.07) is 5.21. The maximum Gasteiger partial charge on any atom is 0.573 e. The summed E-state index contributed by atoms with van der Waals surface area (Å²) in [4.78, 5) is 5.11. The number of benzene rings is 1. The number of rotatable bonds is 2. The first-order valence-electron chi connectivity index (χ1n) is 5.36.